The topological polar surface area (TPSA) is 64.4 Å². The fourth-order valence-corrected chi connectivity index (χ4v) is 3.83. The van der Waals surface area contributed by atoms with Gasteiger partial charge in [-0.1, -0.05) is 29.3 Å². The number of aryl methyl sites for hydroxylation is 3. The van der Waals surface area contributed by atoms with Gasteiger partial charge in [0, 0.05) is 19.5 Å². The van der Waals surface area contributed by atoms with Crippen molar-refractivity contribution in [2.75, 3.05) is 6.54 Å². The van der Waals surface area contributed by atoms with Crippen LogP contribution in [0.1, 0.15) is 58.6 Å². The molecule has 6 heteroatoms. The largest absolute Gasteiger partial charge is 0.445 e. The van der Waals surface area contributed by atoms with Gasteiger partial charge in [-0.25, -0.2) is 4.79 Å². The number of carbonyl (C=O) groups excluding carboxylic acids is 2. The number of hydrogen-bond donors (Lipinski definition) is 0. The number of aromatic nitrogens is 2. The van der Waals surface area contributed by atoms with Crippen LogP contribution in [-0.2, 0) is 24.4 Å². The molecule has 1 aliphatic carbocycles. The van der Waals surface area contributed by atoms with Crippen molar-refractivity contribution in [1.29, 1.82) is 0 Å². The van der Waals surface area contributed by atoms with Gasteiger partial charge in [0.1, 0.15) is 12.3 Å². The summed E-state index contributed by atoms with van der Waals surface area (Å²) >= 11 is 0. The van der Waals surface area contributed by atoms with Crippen LogP contribution >= 0.6 is 0 Å². The first-order valence-corrected chi connectivity index (χ1v) is 10.1. The van der Waals surface area contributed by atoms with Crippen LogP contribution in [0.3, 0.4) is 0 Å². The highest BCUT2D eigenvalue weighted by Gasteiger charge is 2.28. The summed E-state index contributed by atoms with van der Waals surface area (Å²) in [4.78, 5) is 26.7. The van der Waals surface area contributed by atoms with Crippen LogP contribution in [0, 0.1) is 19.8 Å². The molecular formula is C22H27N3O3. The SMILES string of the molecule is Cc1cc(C)cc(COC(=O)N2CCCn3nc(C(=O)CC4CC4)cc3C2)c1. The molecule has 0 bridgehead atoms. The Hall–Kier alpha value is -2.63. The number of amides is 1. The van der Waals surface area contributed by atoms with Crippen molar-refractivity contribution in [3.8, 4) is 0 Å². The molecule has 0 atom stereocenters. The summed E-state index contributed by atoms with van der Waals surface area (Å²) in [6, 6.07) is 8.02. The lowest BCUT2D eigenvalue weighted by molar-refractivity contribution is 0.0941. The summed E-state index contributed by atoms with van der Waals surface area (Å²) in [6.07, 6.45) is 3.38. The number of ether oxygens (including phenoxy) is 1. The Morgan fingerprint density at radius 3 is 2.57 bits per heavy atom. The monoisotopic (exact) mass is 381 g/mol. The molecule has 6 nitrogen and oxygen atoms in total. The predicted molar refractivity (Wildman–Crippen MR) is 105 cm³/mol. The number of ketones is 1. The van der Waals surface area contributed by atoms with Gasteiger partial charge in [-0.05, 0) is 50.7 Å². The van der Waals surface area contributed by atoms with E-state index in [1.807, 2.05) is 36.7 Å². The molecule has 28 heavy (non-hydrogen) atoms. The third-order valence-electron chi connectivity index (χ3n) is 5.37. The standard InChI is InChI=1S/C22H27N3O3/c1-15-8-16(2)10-18(9-15)14-28-22(27)24-6-3-7-25-19(13-24)12-20(23-25)21(26)11-17-4-5-17/h8-10,12,17H,3-7,11,13-14H2,1-2H3. The number of hydrogen-bond acceptors (Lipinski definition) is 4. The molecule has 1 aliphatic heterocycles. The number of fused-ring (bicyclic) bond motifs is 1. The van der Waals surface area contributed by atoms with Gasteiger partial charge in [0.2, 0.25) is 0 Å². The minimum absolute atomic E-state index is 0.118. The Kier molecular flexibility index (Phi) is 5.20. The first kappa shape index (κ1) is 18.7. The highest BCUT2D eigenvalue weighted by atomic mass is 16.6. The molecule has 0 radical (unpaired) electrons. The van der Waals surface area contributed by atoms with E-state index in [-0.39, 0.29) is 18.5 Å². The Bertz CT molecular complexity index is 878. The molecule has 2 heterocycles. The first-order valence-electron chi connectivity index (χ1n) is 10.1. The van der Waals surface area contributed by atoms with E-state index >= 15 is 0 Å². The Labute approximate surface area is 165 Å². The van der Waals surface area contributed by atoms with Crippen LogP contribution in [0.25, 0.3) is 0 Å². The zero-order valence-electron chi connectivity index (χ0n) is 16.6. The lowest BCUT2D eigenvalue weighted by Crippen LogP contribution is -2.31. The summed E-state index contributed by atoms with van der Waals surface area (Å²) in [6.45, 7) is 6.11. The van der Waals surface area contributed by atoms with Crippen molar-refractivity contribution in [3.63, 3.8) is 0 Å². The average Bonchev–Trinajstić information content (AvgIpc) is 3.40. The normalized spacial score (nSPS) is 16.4. The molecule has 2 aromatic rings. The summed E-state index contributed by atoms with van der Waals surface area (Å²) in [5.41, 5.74) is 4.76. The number of nitrogens with zero attached hydrogens (tertiary/aromatic N) is 3. The minimum Gasteiger partial charge on any atom is -0.445 e. The predicted octanol–water partition coefficient (Wildman–Crippen LogP) is 4.03. The van der Waals surface area contributed by atoms with E-state index in [2.05, 4.69) is 11.2 Å². The summed E-state index contributed by atoms with van der Waals surface area (Å²) in [5, 5.41) is 4.49. The molecule has 2 aliphatic rings. The van der Waals surface area contributed by atoms with E-state index in [1.165, 1.54) is 0 Å². The molecule has 1 fully saturated rings. The van der Waals surface area contributed by atoms with Gasteiger partial charge in [-0.15, -0.1) is 0 Å². The number of Topliss-reactive ketones (excluding diaryl/α,β-unsaturated/α-hetero) is 1. The molecule has 1 aromatic heterocycles. The molecule has 0 unspecified atom stereocenters. The van der Waals surface area contributed by atoms with Gasteiger partial charge < -0.3 is 9.64 Å². The fraction of sp³-hybridized carbons (Fsp3) is 0.500. The Morgan fingerprint density at radius 1 is 1.11 bits per heavy atom. The Balaban J connectivity index is 1.39. The third kappa shape index (κ3) is 4.43. The van der Waals surface area contributed by atoms with Crippen molar-refractivity contribution in [2.45, 2.75) is 59.2 Å². The molecule has 0 N–H and O–H groups in total. The highest BCUT2D eigenvalue weighted by Crippen LogP contribution is 2.33. The van der Waals surface area contributed by atoms with Crippen LogP contribution in [-0.4, -0.2) is 33.1 Å². The van der Waals surface area contributed by atoms with Gasteiger partial charge in [0.25, 0.3) is 0 Å². The zero-order valence-corrected chi connectivity index (χ0v) is 16.6. The minimum atomic E-state index is -0.320. The highest BCUT2D eigenvalue weighted by molar-refractivity contribution is 5.94. The summed E-state index contributed by atoms with van der Waals surface area (Å²) in [5.74, 6) is 0.665. The molecule has 1 saturated carbocycles. The van der Waals surface area contributed by atoms with E-state index in [0.717, 1.165) is 41.6 Å². The van der Waals surface area contributed by atoms with Gasteiger partial charge in [0.15, 0.2) is 5.78 Å². The zero-order chi connectivity index (χ0) is 19.7. The van der Waals surface area contributed by atoms with Crippen LogP contribution in [0.5, 0.6) is 0 Å². The van der Waals surface area contributed by atoms with E-state index in [9.17, 15) is 9.59 Å². The average molecular weight is 381 g/mol. The third-order valence-corrected chi connectivity index (χ3v) is 5.37. The molecule has 0 spiro atoms. The number of benzene rings is 1. The maximum atomic E-state index is 12.6. The maximum Gasteiger partial charge on any atom is 0.410 e. The summed E-state index contributed by atoms with van der Waals surface area (Å²) in [7, 11) is 0. The van der Waals surface area contributed by atoms with Crippen LogP contribution in [0.4, 0.5) is 4.79 Å². The molecule has 4 rings (SSSR count). The van der Waals surface area contributed by atoms with Gasteiger partial charge in [0.05, 0.1) is 12.2 Å². The van der Waals surface area contributed by atoms with E-state index in [0.29, 0.717) is 37.7 Å². The van der Waals surface area contributed by atoms with Crippen LogP contribution in [0.2, 0.25) is 0 Å². The second kappa shape index (κ2) is 7.78. The second-order valence-electron chi connectivity index (χ2n) is 8.14. The van der Waals surface area contributed by atoms with Crippen molar-refractivity contribution in [1.82, 2.24) is 14.7 Å². The molecule has 1 amide bonds. The van der Waals surface area contributed by atoms with Crippen molar-refractivity contribution in [3.05, 3.63) is 52.3 Å². The lowest BCUT2D eigenvalue weighted by Gasteiger charge is -2.19. The quantitative estimate of drug-likeness (QED) is 0.734. The first-order chi connectivity index (χ1) is 13.5. The van der Waals surface area contributed by atoms with E-state index in [4.69, 9.17) is 4.74 Å². The second-order valence-corrected chi connectivity index (χ2v) is 8.14. The van der Waals surface area contributed by atoms with Crippen molar-refractivity contribution in [2.24, 2.45) is 5.92 Å². The Morgan fingerprint density at radius 2 is 1.86 bits per heavy atom. The smallest absolute Gasteiger partial charge is 0.410 e. The fourth-order valence-electron chi connectivity index (χ4n) is 3.83. The maximum absolute atomic E-state index is 12.6. The van der Waals surface area contributed by atoms with Gasteiger partial charge in [-0.2, -0.15) is 5.10 Å². The van der Waals surface area contributed by atoms with Crippen LogP contribution < -0.4 is 0 Å². The summed E-state index contributed by atoms with van der Waals surface area (Å²) < 4.78 is 7.43. The van der Waals surface area contributed by atoms with Gasteiger partial charge in [-0.3, -0.25) is 9.48 Å². The molecule has 148 valence electrons. The number of carbonyl (C=O) groups is 2. The van der Waals surface area contributed by atoms with Crippen LogP contribution in [0.15, 0.2) is 24.3 Å². The number of rotatable bonds is 5. The van der Waals surface area contributed by atoms with E-state index < -0.39 is 0 Å². The van der Waals surface area contributed by atoms with Crippen molar-refractivity contribution < 1.29 is 14.3 Å². The molecule has 1 aromatic carbocycles. The van der Waals surface area contributed by atoms with Gasteiger partial charge >= 0.3 is 6.09 Å². The lowest BCUT2D eigenvalue weighted by atomic mass is 10.1. The molecule has 0 saturated heterocycles. The van der Waals surface area contributed by atoms with E-state index in [1.54, 1.807) is 4.90 Å². The van der Waals surface area contributed by atoms with Crippen molar-refractivity contribution >= 4 is 11.9 Å². The molecular weight excluding hydrogens is 354 g/mol.